The molecule has 0 bridgehead atoms. The van der Waals surface area contributed by atoms with Crippen LogP contribution in [0.15, 0.2) is 28.7 Å². The molecular formula is C12H15BrN2OS. The van der Waals surface area contributed by atoms with Gasteiger partial charge in [0.05, 0.1) is 12.1 Å². The van der Waals surface area contributed by atoms with E-state index in [1.165, 1.54) is 0 Å². The van der Waals surface area contributed by atoms with Crippen molar-refractivity contribution in [1.82, 2.24) is 10.6 Å². The molecule has 17 heavy (non-hydrogen) atoms. The molecule has 3 nitrogen and oxygen atoms in total. The number of carbonyl (C=O) groups excluding carboxylic acids is 1. The first-order valence-electron chi connectivity index (χ1n) is 5.54. The largest absolute Gasteiger partial charge is 0.348 e. The summed E-state index contributed by atoms with van der Waals surface area (Å²) >= 11 is 5.25. The molecule has 2 rings (SSSR count). The van der Waals surface area contributed by atoms with E-state index in [4.69, 9.17) is 0 Å². The van der Waals surface area contributed by atoms with Crippen LogP contribution in [0.25, 0.3) is 0 Å². The van der Waals surface area contributed by atoms with Gasteiger partial charge in [-0.2, -0.15) is 0 Å². The molecule has 1 aliphatic rings. The number of nitrogens with one attached hydrogen (secondary N) is 2. The zero-order valence-electron chi connectivity index (χ0n) is 9.57. The maximum Gasteiger partial charge on any atom is 0.238 e. The highest BCUT2D eigenvalue weighted by molar-refractivity contribution is 9.10. The molecule has 1 amide bonds. The molecule has 0 spiro atoms. The molecule has 1 aromatic carbocycles. The van der Waals surface area contributed by atoms with Gasteiger partial charge in [-0.25, -0.2) is 0 Å². The van der Waals surface area contributed by atoms with Crippen molar-refractivity contribution in [2.45, 2.75) is 19.0 Å². The Labute approximate surface area is 114 Å². The number of thioether (sulfide) groups is 1. The fourth-order valence-electron chi connectivity index (χ4n) is 1.78. The summed E-state index contributed by atoms with van der Waals surface area (Å²) in [6.45, 7) is 2.00. The fraction of sp³-hybridized carbons (Fsp3) is 0.417. The van der Waals surface area contributed by atoms with Crippen LogP contribution in [0.3, 0.4) is 0 Å². The van der Waals surface area contributed by atoms with Crippen molar-refractivity contribution in [3.8, 4) is 0 Å². The van der Waals surface area contributed by atoms with Crippen LogP contribution in [0.2, 0.25) is 0 Å². The zero-order chi connectivity index (χ0) is 12.3. The first-order valence-corrected chi connectivity index (χ1v) is 7.49. The Balaban J connectivity index is 1.99. The first-order chi connectivity index (χ1) is 8.18. The second-order valence-electron chi connectivity index (χ2n) is 4.02. The van der Waals surface area contributed by atoms with Crippen LogP contribution in [0.1, 0.15) is 18.5 Å². The van der Waals surface area contributed by atoms with E-state index < -0.39 is 0 Å². The number of rotatable bonds is 3. The van der Waals surface area contributed by atoms with Crippen LogP contribution in [0.5, 0.6) is 0 Å². The molecule has 92 valence electrons. The van der Waals surface area contributed by atoms with Gasteiger partial charge in [0.1, 0.15) is 0 Å². The number of hydrogen-bond acceptors (Lipinski definition) is 3. The van der Waals surface area contributed by atoms with Crippen molar-refractivity contribution in [1.29, 1.82) is 0 Å². The standard InChI is InChI=1S/C12H15BrN2OS/c1-8(9-4-2-3-5-10(9)13)15-12(16)11-6-17-7-14-11/h2-5,8,11,14H,6-7H2,1H3,(H,15,16). The van der Waals surface area contributed by atoms with Gasteiger partial charge in [-0.3, -0.25) is 10.1 Å². The quantitative estimate of drug-likeness (QED) is 0.899. The molecule has 5 heteroatoms. The number of halogens is 1. The zero-order valence-corrected chi connectivity index (χ0v) is 12.0. The molecule has 0 aromatic heterocycles. The molecule has 1 aliphatic heterocycles. The Bertz CT molecular complexity index is 407. The summed E-state index contributed by atoms with van der Waals surface area (Å²) in [7, 11) is 0. The molecule has 0 radical (unpaired) electrons. The fourth-order valence-corrected chi connectivity index (χ4v) is 3.35. The van der Waals surface area contributed by atoms with E-state index in [1.807, 2.05) is 31.2 Å². The molecule has 1 saturated heterocycles. The molecule has 2 N–H and O–H groups in total. The average Bonchev–Trinajstić information content (AvgIpc) is 2.82. The molecule has 1 heterocycles. The van der Waals surface area contributed by atoms with Crippen LogP contribution < -0.4 is 10.6 Å². The minimum absolute atomic E-state index is 0.0190. The van der Waals surface area contributed by atoms with Gasteiger partial charge in [-0.1, -0.05) is 34.1 Å². The summed E-state index contributed by atoms with van der Waals surface area (Å²) < 4.78 is 1.03. The Morgan fingerprint density at radius 1 is 1.59 bits per heavy atom. The SMILES string of the molecule is CC(NC(=O)C1CSCN1)c1ccccc1Br. The van der Waals surface area contributed by atoms with Crippen molar-refractivity contribution in [2.24, 2.45) is 0 Å². The third kappa shape index (κ3) is 3.24. The van der Waals surface area contributed by atoms with Crippen LogP contribution >= 0.6 is 27.7 Å². The van der Waals surface area contributed by atoms with E-state index >= 15 is 0 Å². The van der Waals surface area contributed by atoms with E-state index in [0.29, 0.717) is 0 Å². The number of carbonyl (C=O) groups is 1. The van der Waals surface area contributed by atoms with Crippen molar-refractivity contribution in [3.63, 3.8) is 0 Å². The monoisotopic (exact) mass is 314 g/mol. The topological polar surface area (TPSA) is 41.1 Å². The Hall–Kier alpha value is -0.520. The third-order valence-corrected chi connectivity index (χ3v) is 4.43. The molecular weight excluding hydrogens is 300 g/mol. The van der Waals surface area contributed by atoms with Gasteiger partial charge in [0.25, 0.3) is 0 Å². The van der Waals surface area contributed by atoms with Gasteiger partial charge in [0.2, 0.25) is 5.91 Å². The van der Waals surface area contributed by atoms with Crippen LogP contribution in [0.4, 0.5) is 0 Å². The number of amides is 1. The van der Waals surface area contributed by atoms with E-state index in [2.05, 4.69) is 26.6 Å². The molecule has 1 fully saturated rings. The van der Waals surface area contributed by atoms with Crippen molar-refractivity contribution < 1.29 is 4.79 Å². The van der Waals surface area contributed by atoms with Gasteiger partial charge < -0.3 is 5.32 Å². The highest BCUT2D eigenvalue weighted by atomic mass is 79.9. The van der Waals surface area contributed by atoms with Gasteiger partial charge >= 0.3 is 0 Å². The average molecular weight is 315 g/mol. The molecule has 0 saturated carbocycles. The van der Waals surface area contributed by atoms with Crippen molar-refractivity contribution in [3.05, 3.63) is 34.3 Å². The summed E-state index contributed by atoms with van der Waals surface area (Å²) in [6, 6.07) is 7.92. The summed E-state index contributed by atoms with van der Waals surface area (Å²) in [5.74, 6) is 1.80. The van der Waals surface area contributed by atoms with Gasteiger partial charge in [0, 0.05) is 16.1 Å². The predicted molar refractivity (Wildman–Crippen MR) is 74.9 cm³/mol. The lowest BCUT2D eigenvalue weighted by atomic mass is 10.1. The second-order valence-corrected chi connectivity index (χ2v) is 5.91. The highest BCUT2D eigenvalue weighted by Gasteiger charge is 2.24. The summed E-state index contributed by atoms with van der Waals surface area (Å²) in [5.41, 5.74) is 1.10. The lowest BCUT2D eigenvalue weighted by molar-refractivity contribution is -0.123. The van der Waals surface area contributed by atoms with Crippen molar-refractivity contribution >= 4 is 33.6 Å². The smallest absolute Gasteiger partial charge is 0.238 e. The van der Waals surface area contributed by atoms with E-state index in [-0.39, 0.29) is 18.0 Å². The number of benzene rings is 1. The Morgan fingerprint density at radius 2 is 2.35 bits per heavy atom. The lowest BCUT2D eigenvalue weighted by Crippen LogP contribution is -2.42. The van der Waals surface area contributed by atoms with Crippen LogP contribution in [-0.2, 0) is 4.79 Å². The second kappa shape index (κ2) is 5.89. The van der Waals surface area contributed by atoms with E-state index in [1.54, 1.807) is 11.8 Å². The Morgan fingerprint density at radius 3 is 3.00 bits per heavy atom. The predicted octanol–water partition coefficient (Wildman–Crippen LogP) is 2.29. The minimum Gasteiger partial charge on any atom is -0.348 e. The normalized spacial score (nSPS) is 21.2. The third-order valence-electron chi connectivity index (χ3n) is 2.76. The van der Waals surface area contributed by atoms with E-state index in [9.17, 15) is 4.79 Å². The highest BCUT2D eigenvalue weighted by Crippen LogP contribution is 2.23. The maximum atomic E-state index is 11.9. The van der Waals surface area contributed by atoms with Gasteiger partial charge in [-0.15, -0.1) is 11.8 Å². The maximum absolute atomic E-state index is 11.9. The minimum atomic E-state index is -0.0510. The first kappa shape index (κ1) is 12.9. The van der Waals surface area contributed by atoms with Gasteiger partial charge in [-0.05, 0) is 18.6 Å². The molecule has 2 atom stereocenters. The van der Waals surface area contributed by atoms with Gasteiger partial charge in [0.15, 0.2) is 0 Å². The lowest BCUT2D eigenvalue weighted by Gasteiger charge is -2.18. The molecule has 1 aromatic rings. The van der Waals surface area contributed by atoms with Crippen molar-refractivity contribution in [2.75, 3.05) is 11.6 Å². The Kier molecular flexibility index (Phi) is 4.48. The van der Waals surface area contributed by atoms with Crippen LogP contribution in [0, 0.1) is 0 Å². The molecule has 2 unspecified atom stereocenters. The van der Waals surface area contributed by atoms with E-state index in [0.717, 1.165) is 21.7 Å². The van der Waals surface area contributed by atoms with Crippen LogP contribution in [-0.4, -0.2) is 23.6 Å². The summed E-state index contributed by atoms with van der Waals surface area (Å²) in [4.78, 5) is 11.9. The summed E-state index contributed by atoms with van der Waals surface area (Å²) in [5, 5.41) is 6.20. The number of hydrogen-bond donors (Lipinski definition) is 2. The molecule has 0 aliphatic carbocycles. The summed E-state index contributed by atoms with van der Waals surface area (Å²) in [6.07, 6.45) is 0.